The lowest BCUT2D eigenvalue weighted by Gasteiger charge is -2.36. The molecule has 4 aromatic rings. The fourth-order valence-electron chi connectivity index (χ4n) is 5.98. The Labute approximate surface area is 233 Å². The minimum Gasteiger partial charge on any atom is -0.493 e. The lowest BCUT2D eigenvalue weighted by Crippen LogP contribution is -2.54. The van der Waals surface area contributed by atoms with Gasteiger partial charge < -0.3 is 25.3 Å². The molecule has 0 spiro atoms. The van der Waals surface area contributed by atoms with Gasteiger partial charge in [0.25, 0.3) is 5.91 Å². The largest absolute Gasteiger partial charge is 0.493 e. The molecule has 8 nitrogen and oxygen atoms in total. The number of carbonyl (C=O) groups is 1. The molecule has 9 heteroatoms. The topological polar surface area (TPSA) is 98.3 Å². The van der Waals surface area contributed by atoms with Gasteiger partial charge in [-0.05, 0) is 31.9 Å². The van der Waals surface area contributed by atoms with Crippen molar-refractivity contribution >= 4 is 27.5 Å². The summed E-state index contributed by atoms with van der Waals surface area (Å²) in [7, 11) is 0. The molecule has 1 saturated heterocycles. The molecule has 2 aliphatic rings. The van der Waals surface area contributed by atoms with Crippen molar-refractivity contribution in [3.8, 4) is 17.0 Å². The highest BCUT2D eigenvalue weighted by molar-refractivity contribution is 7.18. The van der Waals surface area contributed by atoms with Crippen molar-refractivity contribution < 1.29 is 9.53 Å². The number of carbonyl (C=O) groups excluding carboxylic acids is 1. The van der Waals surface area contributed by atoms with Crippen LogP contribution in [0.15, 0.2) is 54.9 Å². The Morgan fingerprint density at radius 1 is 1.18 bits per heavy atom. The Morgan fingerprint density at radius 2 is 2.03 bits per heavy atom. The van der Waals surface area contributed by atoms with Crippen LogP contribution < -0.4 is 15.8 Å². The fraction of sp³-hybridized carbons (Fsp3) is 0.433. The van der Waals surface area contributed by atoms with Crippen molar-refractivity contribution in [2.45, 2.75) is 57.2 Å². The van der Waals surface area contributed by atoms with Gasteiger partial charge in [0.1, 0.15) is 5.75 Å². The maximum Gasteiger partial charge on any atom is 0.275 e. The van der Waals surface area contributed by atoms with Crippen LogP contribution in [0.1, 0.15) is 53.6 Å². The predicted molar refractivity (Wildman–Crippen MR) is 155 cm³/mol. The number of nitrogens with zero attached hydrogens (tertiary/aromatic N) is 4. The lowest BCUT2D eigenvalue weighted by atomic mass is 9.90. The van der Waals surface area contributed by atoms with Crippen molar-refractivity contribution in [2.75, 3.05) is 26.2 Å². The van der Waals surface area contributed by atoms with Gasteiger partial charge in [0, 0.05) is 49.8 Å². The molecule has 6 rings (SSSR count). The molecular weight excluding hydrogens is 508 g/mol. The first-order valence-corrected chi connectivity index (χ1v) is 14.8. The molecule has 1 saturated carbocycles. The molecule has 204 valence electrons. The zero-order valence-corrected chi connectivity index (χ0v) is 23.2. The van der Waals surface area contributed by atoms with E-state index in [0.29, 0.717) is 18.8 Å². The molecule has 1 aliphatic heterocycles. The molecule has 0 unspecified atom stereocenters. The number of amides is 1. The average Bonchev–Trinajstić information content (AvgIpc) is 3.56. The summed E-state index contributed by atoms with van der Waals surface area (Å²) in [5, 5.41) is 4.50. The summed E-state index contributed by atoms with van der Waals surface area (Å²) < 4.78 is 9.45. The van der Waals surface area contributed by atoms with E-state index >= 15 is 0 Å². The third-order valence-corrected chi connectivity index (χ3v) is 8.93. The SMILES string of the molecule is Cc1nc2cc(OCC[C@@H]3CNCCN3C(=O)c3ncn([C@H]4CCCC[C@@H]4N)c3-c3ccccc3)ccc2s1. The number of piperazine rings is 1. The molecule has 2 aromatic heterocycles. The summed E-state index contributed by atoms with van der Waals surface area (Å²) in [6, 6.07) is 16.4. The van der Waals surface area contributed by atoms with E-state index in [1.165, 1.54) is 0 Å². The van der Waals surface area contributed by atoms with E-state index in [9.17, 15) is 4.79 Å². The summed E-state index contributed by atoms with van der Waals surface area (Å²) in [5.74, 6) is 0.784. The Kier molecular flexibility index (Phi) is 7.63. The van der Waals surface area contributed by atoms with Gasteiger partial charge in [-0.3, -0.25) is 4.79 Å². The van der Waals surface area contributed by atoms with Gasteiger partial charge in [-0.2, -0.15) is 0 Å². The van der Waals surface area contributed by atoms with Crippen LogP contribution in [-0.2, 0) is 0 Å². The lowest BCUT2D eigenvalue weighted by molar-refractivity contribution is 0.0601. The molecule has 3 atom stereocenters. The van der Waals surface area contributed by atoms with Crippen molar-refractivity contribution in [1.29, 1.82) is 0 Å². The maximum absolute atomic E-state index is 14.1. The third-order valence-electron chi connectivity index (χ3n) is 7.98. The van der Waals surface area contributed by atoms with Gasteiger partial charge in [0.2, 0.25) is 0 Å². The molecule has 3 N–H and O–H groups in total. The van der Waals surface area contributed by atoms with E-state index in [1.54, 1.807) is 11.3 Å². The summed E-state index contributed by atoms with van der Waals surface area (Å²) in [6.45, 7) is 4.66. The van der Waals surface area contributed by atoms with E-state index in [1.807, 2.05) is 48.5 Å². The number of imidazole rings is 1. The van der Waals surface area contributed by atoms with Gasteiger partial charge in [-0.25, -0.2) is 9.97 Å². The zero-order chi connectivity index (χ0) is 26.8. The number of aryl methyl sites for hydroxylation is 1. The smallest absolute Gasteiger partial charge is 0.275 e. The minimum atomic E-state index is -0.0251. The third kappa shape index (κ3) is 5.44. The second-order valence-electron chi connectivity index (χ2n) is 10.6. The molecule has 2 fully saturated rings. The van der Waals surface area contributed by atoms with E-state index < -0.39 is 0 Å². The highest BCUT2D eigenvalue weighted by atomic mass is 32.1. The van der Waals surface area contributed by atoms with Crippen LogP contribution in [0, 0.1) is 6.92 Å². The van der Waals surface area contributed by atoms with Crippen LogP contribution in [0.4, 0.5) is 0 Å². The number of rotatable bonds is 7. The van der Waals surface area contributed by atoms with Crippen LogP contribution in [0.2, 0.25) is 0 Å². The summed E-state index contributed by atoms with van der Waals surface area (Å²) in [4.78, 5) is 25.4. The van der Waals surface area contributed by atoms with Gasteiger partial charge in [0.15, 0.2) is 5.69 Å². The van der Waals surface area contributed by atoms with Gasteiger partial charge in [0.05, 0.1) is 39.9 Å². The molecule has 2 aromatic carbocycles. The molecule has 1 amide bonds. The first-order chi connectivity index (χ1) is 19.1. The van der Waals surface area contributed by atoms with E-state index in [4.69, 9.17) is 15.5 Å². The number of nitrogens with two attached hydrogens (primary N) is 1. The summed E-state index contributed by atoms with van der Waals surface area (Å²) in [5.41, 5.74) is 9.93. The highest BCUT2D eigenvalue weighted by Gasteiger charge is 2.33. The Bertz CT molecular complexity index is 1430. The van der Waals surface area contributed by atoms with Gasteiger partial charge in [-0.1, -0.05) is 43.2 Å². The number of nitrogens with one attached hydrogen (secondary N) is 1. The molecule has 0 radical (unpaired) electrons. The first kappa shape index (κ1) is 26.0. The fourth-order valence-corrected chi connectivity index (χ4v) is 6.79. The van der Waals surface area contributed by atoms with Crippen LogP contribution in [-0.4, -0.2) is 63.7 Å². The normalized spacial score (nSPS) is 21.8. The number of fused-ring (bicyclic) bond motifs is 1. The average molecular weight is 545 g/mol. The Balaban J connectivity index is 1.22. The molecule has 3 heterocycles. The van der Waals surface area contributed by atoms with Crippen molar-refractivity contribution in [2.24, 2.45) is 5.73 Å². The van der Waals surface area contributed by atoms with Crippen molar-refractivity contribution in [1.82, 2.24) is 24.8 Å². The number of thiazole rings is 1. The van der Waals surface area contributed by atoms with Crippen LogP contribution in [0.25, 0.3) is 21.5 Å². The number of aromatic nitrogens is 3. The second kappa shape index (κ2) is 11.5. The van der Waals surface area contributed by atoms with Crippen LogP contribution >= 0.6 is 11.3 Å². The Morgan fingerprint density at radius 3 is 2.87 bits per heavy atom. The number of benzene rings is 2. The zero-order valence-electron chi connectivity index (χ0n) is 22.4. The molecule has 1 aliphatic carbocycles. The van der Waals surface area contributed by atoms with Gasteiger partial charge in [-0.15, -0.1) is 11.3 Å². The molecule has 39 heavy (non-hydrogen) atoms. The minimum absolute atomic E-state index is 0.0159. The monoisotopic (exact) mass is 544 g/mol. The van der Waals surface area contributed by atoms with E-state index in [-0.39, 0.29) is 24.0 Å². The number of ether oxygens (including phenoxy) is 1. The molecule has 0 bridgehead atoms. The van der Waals surface area contributed by atoms with Gasteiger partial charge >= 0.3 is 0 Å². The standard InChI is InChI=1S/C30H36N6O2S/c1-20-34-25-17-23(11-12-27(25)39-20)38-16-13-22-18-32-14-15-35(22)30(37)28-29(21-7-3-2-4-8-21)36(19-33-28)26-10-6-5-9-24(26)31/h2-4,7-8,11-12,17,19,22,24,26,32H,5-6,9-10,13-16,18,31H2,1H3/t22-,24+,26+/m1/s1. The van der Waals surface area contributed by atoms with Crippen molar-refractivity contribution in [3.63, 3.8) is 0 Å². The first-order valence-electron chi connectivity index (χ1n) is 14.0. The van der Waals surface area contributed by atoms with Crippen LogP contribution in [0.3, 0.4) is 0 Å². The predicted octanol–water partition coefficient (Wildman–Crippen LogP) is 4.79. The summed E-state index contributed by atoms with van der Waals surface area (Å²) in [6.07, 6.45) is 6.85. The van der Waals surface area contributed by atoms with E-state index in [0.717, 1.165) is 77.4 Å². The molecular formula is C30H36N6O2S. The van der Waals surface area contributed by atoms with E-state index in [2.05, 4.69) is 33.1 Å². The summed E-state index contributed by atoms with van der Waals surface area (Å²) >= 11 is 1.69. The number of hydrogen-bond donors (Lipinski definition) is 2. The maximum atomic E-state index is 14.1. The second-order valence-corrected chi connectivity index (χ2v) is 11.8. The van der Waals surface area contributed by atoms with Crippen molar-refractivity contribution in [3.05, 3.63) is 65.6 Å². The number of hydrogen-bond acceptors (Lipinski definition) is 7. The highest BCUT2D eigenvalue weighted by Crippen LogP contribution is 2.34. The van der Waals surface area contributed by atoms with Crippen LogP contribution in [0.5, 0.6) is 5.75 Å². The Hall–Kier alpha value is -3.27. The quantitative estimate of drug-likeness (QED) is 0.347.